The molecule has 0 aliphatic rings. The Balaban J connectivity index is 2.97. The molecule has 4 heteroatoms. The molecule has 0 radical (unpaired) electrons. The topological polar surface area (TPSA) is 61.7 Å². The minimum absolute atomic E-state index is 0.121. The van der Waals surface area contributed by atoms with E-state index in [9.17, 15) is 10.2 Å². The first-order valence-electron chi connectivity index (χ1n) is 4.38. The van der Waals surface area contributed by atoms with E-state index in [-0.39, 0.29) is 5.75 Å². The summed E-state index contributed by atoms with van der Waals surface area (Å²) in [6, 6.07) is 4.65. The Morgan fingerprint density at radius 1 is 1.50 bits per heavy atom. The SMILES string of the molecule is CNC[C@@H](O)c1cc(O)ccc1OC. The molecule has 0 bridgehead atoms. The summed E-state index contributed by atoms with van der Waals surface area (Å²) in [5, 5.41) is 21.8. The number of hydrogen-bond acceptors (Lipinski definition) is 4. The summed E-state index contributed by atoms with van der Waals surface area (Å²) >= 11 is 0. The third-order valence-corrected chi connectivity index (χ3v) is 1.97. The van der Waals surface area contributed by atoms with Crippen molar-refractivity contribution in [3.05, 3.63) is 23.8 Å². The molecule has 1 rings (SSSR count). The first-order chi connectivity index (χ1) is 6.69. The monoisotopic (exact) mass is 197 g/mol. The van der Waals surface area contributed by atoms with Crippen LogP contribution in [0.15, 0.2) is 18.2 Å². The zero-order valence-corrected chi connectivity index (χ0v) is 8.32. The Morgan fingerprint density at radius 2 is 2.21 bits per heavy atom. The predicted molar refractivity (Wildman–Crippen MR) is 53.5 cm³/mol. The number of phenols is 1. The Hall–Kier alpha value is -1.26. The lowest BCUT2D eigenvalue weighted by Crippen LogP contribution is -2.17. The maximum absolute atomic E-state index is 9.70. The molecule has 0 saturated heterocycles. The predicted octanol–water partition coefficient (Wildman–Crippen LogP) is 0.654. The molecule has 0 fully saturated rings. The molecule has 0 aliphatic carbocycles. The Labute approximate surface area is 83.1 Å². The van der Waals surface area contributed by atoms with Gasteiger partial charge in [0, 0.05) is 12.1 Å². The number of aliphatic hydroxyl groups excluding tert-OH is 1. The summed E-state index contributed by atoms with van der Waals surface area (Å²) in [7, 11) is 3.28. The van der Waals surface area contributed by atoms with E-state index < -0.39 is 6.10 Å². The number of likely N-dealkylation sites (N-methyl/N-ethyl adjacent to an activating group) is 1. The number of hydrogen-bond donors (Lipinski definition) is 3. The molecule has 0 unspecified atom stereocenters. The lowest BCUT2D eigenvalue weighted by molar-refractivity contribution is 0.173. The van der Waals surface area contributed by atoms with Crippen LogP contribution in [0.4, 0.5) is 0 Å². The van der Waals surface area contributed by atoms with E-state index in [1.54, 1.807) is 13.1 Å². The second-order valence-corrected chi connectivity index (χ2v) is 3.00. The van der Waals surface area contributed by atoms with Crippen LogP contribution in [-0.2, 0) is 0 Å². The highest BCUT2D eigenvalue weighted by molar-refractivity contribution is 5.41. The minimum atomic E-state index is -0.679. The highest BCUT2D eigenvalue weighted by atomic mass is 16.5. The van der Waals surface area contributed by atoms with Crippen molar-refractivity contribution in [1.29, 1.82) is 0 Å². The van der Waals surface area contributed by atoms with E-state index in [1.165, 1.54) is 19.2 Å². The molecule has 0 aromatic heterocycles. The van der Waals surface area contributed by atoms with Crippen LogP contribution in [-0.4, -0.2) is 30.9 Å². The molecule has 14 heavy (non-hydrogen) atoms. The Kier molecular flexibility index (Phi) is 3.73. The maximum atomic E-state index is 9.70. The molecule has 78 valence electrons. The van der Waals surface area contributed by atoms with E-state index in [0.717, 1.165) is 0 Å². The molecule has 0 saturated carbocycles. The summed E-state index contributed by atoms with van der Waals surface area (Å²) in [4.78, 5) is 0. The second-order valence-electron chi connectivity index (χ2n) is 3.00. The normalized spacial score (nSPS) is 12.5. The summed E-state index contributed by atoms with van der Waals surface area (Å²) in [6.45, 7) is 0.416. The highest BCUT2D eigenvalue weighted by Gasteiger charge is 2.12. The van der Waals surface area contributed by atoms with E-state index in [1.807, 2.05) is 0 Å². The van der Waals surface area contributed by atoms with Gasteiger partial charge < -0.3 is 20.3 Å². The fourth-order valence-electron chi connectivity index (χ4n) is 1.29. The first-order valence-corrected chi connectivity index (χ1v) is 4.38. The van der Waals surface area contributed by atoms with Crippen LogP contribution >= 0.6 is 0 Å². The van der Waals surface area contributed by atoms with Crippen LogP contribution in [0, 0.1) is 0 Å². The molecule has 3 N–H and O–H groups in total. The van der Waals surface area contributed by atoms with Gasteiger partial charge in [-0.25, -0.2) is 0 Å². The van der Waals surface area contributed by atoms with Crippen molar-refractivity contribution < 1.29 is 14.9 Å². The van der Waals surface area contributed by atoms with Gasteiger partial charge in [-0.15, -0.1) is 0 Å². The average molecular weight is 197 g/mol. The van der Waals surface area contributed by atoms with Gasteiger partial charge in [-0.3, -0.25) is 0 Å². The molecular formula is C10H15NO3. The Morgan fingerprint density at radius 3 is 2.79 bits per heavy atom. The fourth-order valence-corrected chi connectivity index (χ4v) is 1.29. The third-order valence-electron chi connectivity index (χ3n) is 1.97. The zero-order valence-electron chi connectivity index (χ0n) is 8.32. The smallest absolute Gasteiger partial charge is 0.124 e. The average Bonchev–Trinajstić information content (AvgIpc) is 2.18. The quantitative estimate of drug-likeness (QED) is 0.663. The van der Waals surface area contributed by atoms with Gasteiger partial charge in [-0.2, -0.15) is 0 Å². The Bertz CT molecular complexity index is 301. The van der Waals surface area contributed by atoms with Crippen molar-refractivity contribution in [2.24, 2.45) is 0 Å². The number of aliphatic hydroxyl groups is 1. The molecule has 0 aliphatic heterocycles. The van der Waals surface area contributed by atoms with Gasteiger partial charge in [-0.1, -0.05) is 0 Å². The van der Waals surface area contributed by atoms with Gasteiger partial charge in [0.15, 0.2) is 0 Å². The van der Waals surface area contributed by atoms with Crippen molar-refractivity contribution in [3.63, 3.8) is 0 Å². The van der Waals surface area contributed by atoms with E-state index in [4.69, 9.17) is 4.74 Å². The molecule has 1 aromatic carbocycles. The largest absolute Gasteiger partial charge is 0.508 e. The molecule has 0 amide bonds. The molecule has 0 spiro atoms. The van der Waals surface area contributed by atoms with Crippen molar-refractivity contribution in [1.82, 2.24) is 5.32 Å². The van der Waals surface area contributed by atoms with Crippen LogP contribution < -0.4 is 10.1 Å². The lowest BCUT2D eigenvalue weighted by atomic mass is 10.1. The number of rotatable bonds is 4. The number of ether oxygens (including phenoxy) is 1. The van der Waals surface area contributed by atoms with E-state index in [0.29, 0.717) is 17.9 Å². The van der Waals surface area contributed by atoms with Gasteiger partial charge in [-0.05, 0) is 25.2 Å². The molecule has 1 aromatic rings. The summed E-state index contributed by atoms with van der Waals surface area (Å²) in [5.41, 5.74) is 0.585. The molecular weight excluding hydrogens is 182 g/mol. The number of aromatic hydroxyl groups is 1. The maximum Gasteiger partial charge on any atom is 0.124 e. The van der Waals surface area contributed by atoms with Crippen LogP contribution in [0.1, 0.15) is 11.7 Å². The van der Waals surface area contributed by atoms with Gasteiger partial charge in [0.05, 0.1) is 13.2 Å². The number of methoxy groups -OCH3 is 1. The number of benzene rings is 1. The minimum Gasteiger partial charge on any atom is -0.508 e. The van der Waals surface area contributed by atoms with Crippen LogP contribution in [0.25, 0.3) is 0 Å². The fraction of sp³-hybridized carbons (Fsp3) is 0.400. The van der Waals surface area contributed by atoms with Crippen molar-refractivity contribution in [2.75, 3.05) is 20.7 Å². The lowest BCUT2D eigenvalue weighted by Gasteiger charge is -2.14. The van der Waals surface area contributed by atoms with E-state index >= 15 is 0 Å². The summed E-state index contributed by atoms with van der Waals surface area (Å²) in [6.07, 6.45) is -0.679. The van der Waals surface area contributed by atoms with E-state index in [2.05, 4.69) is 5.32 Å². The summed E-state index contributed by atoms with van der Waals surface area (Å²) in [5.74, 6) is 0.696. The van der Waals surface area contributed by atoms with Crippen LogP contribution in [0.5, 0.6) is 11.5 Å². The highest BCUT2D eigenvalue weighted by Crippen LogP contribution is 2.28. The molecule has 1 atom stereocenters. The standard InChI is InChI=1S/C10H15NO3/c1-11-6-9(13)8-5-7(12)3-4-10(8)14-2/h3-5,9,11-13H,6H2,1-2H3/t9-/m1/s1. The van der Waals surface area contributed by atoms with Gasteiger partial charge >= 0.3 is 0 Å². The number of nitrogens with one attached hydrogen (secondary N) is 1. The van der Waals surface area contributed by atoms with Crippen molar-refractivity contribution in [2.45, 2.75) is 6.10 Å². The van der Waals surface area contributed by atoms with Gasteiger partial charge in [0.1, 0.15) is 11.5 Å². The van der Waals surface area contributed by atoms with Gasteiger partial charge in [0.25, 0.3) is 0 Å². The summed E-state index contributed by atoms with van der Waals surface area (Å²) < 4.78 is 5.07. The van der Waals surface area contributed by atoms with Crippen molar-refractivity contribution in [3.8, 4) is 11.5 Å². The first kappa shape index (κ1) is 10.8. The van der Waals surface area contributed by atoms with Crippen LogP contribution in [0.2, 0.25) is 0 Å². The van der Waals surface area contributed by atoms with Crippen LogP contribution in [0.3, 0.4) is 0 Å². The third kappa shape index (κ3) is 2.37. The second kappa shape index (κ2) is 4.83. The molecule has 0 heterocycles. The van der Waals surface area contributed by atoms with Crippen molar-refractivity contribution >= 4 is 0 Å². The molecule has 4 nitrogen and oxygen atoms in total. The zero-order chi connectivity index (χ0) is 10.6. The van der Waals surface area contributed by atoms with Gasteiger partial charge in [0.2, 0.25) is 0 Å². The number of phenolic OH excluding ortho intramolecular Hbond substituents is 1.